The number of likely N-dealkylation sites (tertiary alicyclic amines) is 1. The highest BCUT2D eigenvalue weighted by Gasteiger charge is 2.25. The predicted octanol–water partition coefficient (Wildman–Crippen LogP) is 2.91. The quantitative estimate of drug-likeness (QED) is 0.807. The average Bonchev–Trinajstić information content (AvgIpc) is 2.86. The number of hydrogen-bond acceptors (Lipinski definition) is 3. The van der Waals surface area contributed by atoms with Gasteiger partial charge in [-0.25, -0.2) is 0 Å². The van der Waals surface area contributed by atoms with Crippen LogP contribution in [0.15, 0.2) is 43.0 Å². The van der Waals surface area contributed by atoms with Crippen molar-refractivity contribution in [2.75, 3.05) is 13.6 Å². The summed E-state index contributed by atoms with van der Waals surface area (Å²) in [6.07, 6.45) is 10.1. The smallest absolute Gasteiger partial charge is 0.0366 e. The standard InChI is InChI=1S/C15H17N3/c1-18-9-3-5-15(18)14-11-17-8-6-13(14)12-4-2-7-16-10-12/h2,4,6-8,10-11,15H,3,5,9H2,1H3/t15-/m0/s1. The van der Waals surface area contributed by atoms with E-state index in [0.29, 0.717) is 6.04 Å². The molecule has 0 bridgehead atoms. The van der Waals surface area contributed by atoms with E-state index in [-0.39, 0.29) is 0 Å². The normalized spacial score (nSPS) is 20.2. The summed E-state index contributed by atoms with van der Waals surface area (Å²) in [5.41, 5.74) is 3.76. The lowest BCUT2D eigenvalue weighted by Crippen LogP contribution is -2.18. The topological polar surface area (TPSA) is 29.0 Å². The van der Waals surface area contributed by atoms with Gasteiger partial charge in [-0.1, -0.05) is 6.07 Å². The summed E-state index contributed by atoms with van der Waals surface area (Å²) in [6, 6.07) is 6.69. The molecule has 3 rings (SSSR count). The maximum absolute atomic E-state index is 4.30. The van der Waals surface area contributed by atoms with E-state index in [0.717, 1.165) is 0 Å². The number of rotatable bonds is 2. The molecule has 1 aliphatic heterocycles. The van der Waals surface area contributed by atoms with Crippen molar-refractivity contribution in [3.8, 4) is 11.1 Å². The molecule has 3 heteroatoms. The molecule has 1 fully saturated rings. The summed E-state index contributed by atoms with van der Waals surface area (Å²) >= 11 is 0. The molecule has 0 unspecified atom stereocenters. The van der Waals surface area contributed by atoms with Crippen molar-refractivity contribution in [1.29, 1.82) is 0 Å². The first-order valence-electron chi connectivity index (χ1n) is 6.41. The Labute approximate surface area is 108 Å². The van der Waals surface area contributed by atoms with E-state index in [9.17, 15) is 0 Å². The number of hydrogen-bond donors (Lipinski definition) is 0. The van der Waals surface area contributed by atoms with E-state index < -0.39 is 0 Å². The van der Waals surface area contributed by atoms with E-state index in [2.05, 4.69) is 34.0 Å². The van der Waals surface area contributed by atoms with E-state index in [4.69, 9.17) is 0 Å². The Morgan fingerprint density at radius 3 is 2.78 bits per heavy atom. The molecule has 2 aromatic heterocycles. The highest BCUT2D eigenvalue weighted by Crippen LogP contribution is 2.35. The molecule has 0 N–H and O–H groups in total. The lowest BCUT2D eigenvalue weighted by atomic mass is 9.97. The zero-order valence-electron chi connectivity index (χ0n) is 10.6. The minimum Gasteiger partial charge on any atom is -0.299 e. The first-order chi connectivity index (χ1) is 8.86. The Hall–Kier alpha value is -1.74. The Kier molecular flexibility index (Phi) is 3.07. The van der Waals surface area contributed by atoms with Crippen molar-refractivity contribution < 1.29 is 0 Å². The van der Waals surface area contributed by atoms with Gasteiger partial charge in [0.1, 0.15) is 0 Å². The van der Waals surface area contributed by atoms with Gasteiger partial charge in [-0.15, -0.1) is 0 Å². The average molecular weight is 239 g/mol. The van der Waals surface area contributed by atoms with Gasteiger partial charge in [-0.2, -0.15) is 0 Å². The minimum absolute atomic E-state index is 0.494. The van der Waals surface area contributed by atoms with Gasteiger partial charge < -0.3 is 0 Å². The van der Waals surface area contributed by atoms with Gasteiger partial charge in [0, 0.05) is 36.4 Å². The number of nitrogens with zero attached hydrogens (tertiary/aromatic N) is 3. The maximum Gasteiger partial charge on any atom is 0.0366 e. The number of pyridine rings is 2. The first-order valence-corrected chi connectivity index (χ1v) is 6.41. The van der Waals surface area contributed by atoms with E-state index >= 15 is 0 Å². The Bertz CT molecular complexity index is 524. The summed E-state index contributed by atoms with van der Waals surface area (Å²) in [6.45, 7) is 1.17. The van der Waals surface area contributed by atoms with Crippen molar-refractivity contribution in [3.63, 3.8) is 0 Å². The van der Waals surface area contributed by atoms with Crippen LogP contribution in [-0.2, 0) is 0 Å². The van der Waals surface area contributed by atoms with E-state index in [1.54, 1.807) is 0 Å². The third kappa shape index (κ3) is 2.02. The second-order valence-corrected chi connectivity index (χ2v) is 4.84. The molecule has 0 aromatic carbocycles. The molecule has 0 spiro atoms. The van der Waals surface area contributed by atoms with Crippen LogP contribution < -0.4 is 0 Å². The van der Waals surface area contributed by atoms with Gasteiger partial charge in [0.2, 0.25) is 0 Å². The molecular weight excluding hydrogens is 222 g/mol. The predicted molar refractivity (Wildman–Crippen MR) is 72.1 cm³/mol. The van der Waals surface area contributed by atoms with Gasteiger partial charge >= 0.3 is 0 Å². The molecule has 3 nitrogen and oxygen atoms in total. The molecule has 1 saturated heterocycles. The van der Waals surface area contributed by atoms with Crippen LogP contribution in [0.3, 0.4) is 0 Å². The second kappa shape index (κ2) is 4.86. The Morgan fingerprint density at radius 1 is 1.17 bits per heavy atom. The molecular formula is C15H17N3. The lowest BCUT2D eigenvalue weighted by molar-refractivity contribution is 0.317. The third-order valence-corrected chi connectivity index (χ3v) is 3.70. The van der Waals surface area contributed by atoms with Crippen LogP contribution in [0.1, 0.15) is 24.4 Å². The summed E-state index contributed by atoms with van der Waals surface area (Å²) in [7, 11) is 2.19. The highest BCUT2D eigenvalue weighted by atomic mass is 15.1. The van der Waals surface area contributed by atoms with Crippen LogP contribution in [0.5, 0.6) is 0 Å². The monoisotopic (exact) mass is 239 g/mol. The van der Waals surface area contributed by atoms with Crippen molar-refractivity contribution in [1.82, 2.24) is 14.9 Å². The largest absolute Gasteiger partial charge is 0.299 e. The third-order valence-electron chi connectivity index (χ3n) is 3.70. The molecule has 0 aliphatic carbocycles. The fourth-order valence-electron chi connectivity index (χ4n) is 2.76. The van der Waals surface area contributed by atoms with Gasteiger partial charge in [-0.05, 0) is 49.7 Å². The van der Waals surface area contributed by atoms with Crippen molar-refractivity contribution in [2.24, 2.45) is 0 Å². The van der Waals surface area contributed by atoms with E-state index in [1.165, 1.54) is 36.1 Å². The van der Waals surface area contributed by atoms with Crippen molar-refractivity contribution in [3.05, 3.63) is 48.5 Å². The molecule has 0 amide bonds. The Morgan fingerprint density at radius 2 is 2.06 bits per heavy atom. The SMILES string of the molecule is CN1CCC[C@H]1c1cnccc1-c1cccnc1. The van der Waals surface area contributed by atoms with Crippen LogP contribution in [0, 0.1) is 0 Å². The van der Waals surface area contributed by atoms with Gasteiger partial charge in [0.25, 0.3) is 0 Å². The maximum atomic E-state index is 4.30. The van der Waals surface area contributed by atoms with Crippen molar-refractivity contribution in [2.45, 2.75) is 18.9 Å². The lowest BCUT2D eigenvalue weighted by Gasteiger charge is -2.22. The second-order valence-electron chi connectivity index (χ2n) is 4.84. The summed E-state index contributed by atoms with van der Waals surface area (Å²) in [5, 5.41) is 0. The molecule has 0 radical (unpaired) electrons. The van der Waals surface area contributed by atoms with Crippen LogP contribution in [-0.4, -0.2) is 28.5 Å². The van der Waals surface area contributed by atoms with Crippen LogP contribution in [0.2, 0.25) is 0 Å². The molecule has 0 saturated carbocycles. The zero-order valence-corrected chi connectivity index (χ0v) is 10.6. The van der Waals surface area contributed by atoms with Gasteiger partial charge in [0.15, 0.2) is 0 Å². The van der Waals surface area contributed by atoms with Crippen molar-refractivity contribution >= 4 is 0 Å². The zero-order chi connectivity index (χ0) is 12.4. The molecule has 2 aromatic rings. The van der Waals surface area contributed by atoms with Gasteiger partial charge in [0.05, 0.1) is 0 Å². The fourth-order valence-corrected chi connectivity index (χ4v) is 2.76. The van der Waals surface area contributed by atoms with Crippen LogP contribution in [0.4, 0.5) is 0 Å². The fraction of sp³-hybridized carbons (Fsp3) is 0.333. The number of aromatic nitrogens is 2. The Balaban J connectivity index is 2.05. The summed E-state index contributed by atoms with van der Waals surface area (Å²) < 4.78 is 0. The van der Waals surface area contributed by atoms with Gasteiger partial charge in [-0.3, -0.25) is 14.9 Å². The minimum atomic E-state index is 0.494. The highest BCUT2D eigenvalue weighted by molar-refractivity contribution is 5.66. The molecule has 92 valence electrons. The van der Waals surface area contributed by atoms with Crippen LogP contribution in [0.25, 0.3) is 11.1 Å². The summed E-state index contributed by atoms with van der Waals surface area (Å²) in [5.74, 6) is 0. The molecule has 1 aliphatic rings. The van der Waals surface area contributed by atoms with Crippen LogP contribution >= 0.6 is 0 Å². The van der Waals surface area contributed by atoms with E-state index in [1.807, 2.05) is 30.9 Å². The first kappa shape index (κ1) is 11.4. The summed E-state index contributed by atoms with van der Waals surface area (Å²) in [4.78, 5) is 10.9. The molecule has 18 heavy (non-hydrogen) atoms. The molecule has 1 atom stereocenters. The molecule has 3 heterocycles.